The van der Waals surface area contributed by atoms with Gasteiger partial charge in [-0.1, -0.05) is 171 Å². The molecule has 0 unspecified atom stereocenters. The van der Waals surface area contributed by atoms with E-state index in [4.69, 9.17) is 18.9 Å². The van der Waals surface area contributed by atoms with Crippen molar-refractivity contribution in [1.82, 2.24) is 9.80 Å². The maximum absolute atomic E-state index is 15.9. The lowest BCUT2D eigenvalue weighted by Crippen LogP contribution is -2.46. The molecule has 0 atom stereocenters. The van der Waals surface area contributed by atoms with E-state index < -0.39 is 17.9 Å². The average molecular weight is 1250 g/mol. The summed E-state index contributed by atoms with van der Waals surface area (Å²) in [5, 5.41) is 9.71. The SMILES string of the molecule is CCC(CC)N1C(=O)c2ccc3c4cc(Oc5ccc(C(C)(C)C)cc5)c5c6c(Oc7ccc(C(C)(C)C)cc7)cc7c8c(cc(Oc9ccc(C(C)(C)C)cc9)c(c9c(Oc%10ccc(C(C)(C)C)cc%10)cc(c%10ccc(c2c3%10)C1=O)c4c59)c86)C(=O)N(C(CC)CC)C7=O. The van der Waals surface area contributed by atoms with E-state index in [0.717, 1.165) is 60.0 Å². The number of imide groups is 2. The molecule has 476 valence electrons. The number of ether oxygens (including phenoxy) is 4. The molecular formula is C84H82N2O8. The van der Waals surface area contributed by atoms with Crippen LogP contribution in [0.25, 0.3) is 75.4 Å². The highest BCUT2D eigenvalue weighted by molar-refractivity contribution is 6.48. The number of benzene rings is 12. The van der Waals surface area contributed by atoms with Crippen LogP contribution < -0.4 is 18.9 Å². The molecule has 0 saturated heterocycles. The molecule has 14 rings (SSSR count). The fraction of sp³-hybridized carbons (Fsp3) is 0.310. The van der Waals surface area contributed by atoms with E-state index in [2.05, 4.69) is 144 Å². The summed E-state index contributed by atoms with van der Waals surface area (Å²) in [6.07, 6.45) is 2.35. The van der Waals surface area contributed by atoms with Gasteiger partial charge in [-0.05, 0) is 187 Å². The van der Waals surface area contributed by atoms with Crippen LogP contribution in [-0.4, -0.2) is 45.5 Å². The van der Waals surface area contributed by atoms with Crippen molar-refractivity contribution in [3.8, 4) is 46.0 Å². The maximum atomic E-state index is 15.9. The van der Waals surface area contributed by atoms with Crippen LogP contribution in [-0.2, 0) is 21.7 Å². The van der Waals surface area contributed by atoms with Crippen molar-refractivity contribution in [2.45, 2.75) is 170 Å². The Morgan fingerprint density at radius 1 is 0.277 bits per heavy atom. The fourth-order valence-electron chi connectivity index (χ4n) is 14.8. The first kappa shape index (κ1) is 61.9. The van der Waals surface area contributed by atoms with Gasteiger partial charge in [-0.15, -0.1) is 0 Å². The first-order chi connectivity index (χ1) is 44.6. The molecule has 12 aromatic rings. The lowest BCUT2D eigenvalue weighted by atomic mass is 9.79. The molecule has 0 N–H and O–H groups in total. The van der Waals surface area contributed by atoms with Crippen molar-refractivity contribution in [3.63, 3.8) is 0 Å². The van der Waals surface area contributed by atoms with Crippen LogP contribution in [0.5, 0.6) is 46.0 Å². The summed E-state index contributed by atoms with van der Waals surface area (Å²) in [4.78, 5) is 64.6. The first-order valence-corrected chi connectivity index (χ1v) is 33.5. The third kappa shape index (κ3) is 9.79. The highest BCUT2D eigenvalue weighted by atomic mass is 16.5. The summed E-state index contributed by atoms with van der Waals surface area (Å²) in [6.45, 7) is 34.2. The molecule has 10 nitrogen and oxygen atoms in total. The van der Waals surface area contributed by atoms with Gasteiger partial charge in [0.15, 0.2) is 0 Å². The second kappa shape index (κ2) is 22.0. The van der Waals surface area contributed by atoms with Crippen LogP contribution in [0.4, 0.5) is 0 Å². The van der Waals surface area contributed by atoms with E-state index in [-0.39, 0.29) is 39.5 Å². The minimum absolute atomic E-state index is 0.156. The Balaban J connectivity index is 1.22. The zero-order chi connectivity index (χ0) is 66.6. The van der Waals surface area contributed by atoms with Gasteiger partial charge in [0.25, 0.3) is 23.6 Å². The second-order valence-electron chi connectivity index (χ2n) is 30.2. The molecule has 2 aliphatic heterocycles. The number of amides is 4. The third-order valence-corrected chi connectivity index (χ3v) is 20.1. The molecule has 12 aromatic carbocycles. The Bertz CT molecular complexity index is 4810. The topological polar surface area (TPSA) is 112 Å². The van der Waals surface area contributed by atoms with Crippen LogP contribution in [0, 0.1) is 0 Å². The van der Waals surface area contributed by atoms with Gasteiger partial charge in [0.1, 0.15) is 46.0 Å². The van der Waals surface area contributed by atoms with Crippen LogP contribution in [0.1, 0.15) is 200 Å². The Labute approximate surface area is 550 Å². The zero-order valence-electron chi connectivity index (χ0n) is 57.0. The standard InChI is InChI=1S/C84H82N2O8/c1-17-49(18-2)85-77(87)57-39-37-55-59-41-63(91-51-29-21-45(22-30-51)81(5,6)7)71-73-65(93-53-33-25-47(26-34-53)83(11,12)13)43-61-70-62(80(90)86(79(61)89)50(19-3)20-4)44-66(94-54-35-27-48(28-36-54)84(14,15)16)74(76(70)73)72-64(92-52-31-23-46(24-32-52)82(8,9)10)42-60(69(59)75(71)72)56-38-40-58(78(85)88)68(57)67(55)56/h21-44,49-50H,17-20H2,1-16H3. The van der Waals surface area contributed by atoms with Gasteiger partial charge in [0.2, 0.25) is 0 Å². The quantitative estimate of drug-likeness (QED) is 0.0601. The Morgan fingerprint density at radius 3 is 0.798 bits per heavy atom. The molecule has 0 fully saturated rings. The van der Waals surface area contributed by atoms with Gasteiger partial charge in [0.05, 0.1) is 11.1 Å². The molecule has 10 heteroatoms. The second-order valence-corrected chi connectivity index (χ2v) is 30.2. The Morgan fingerprint density at radius 2 is 0.521 bits per heavy atom. The lowest BCUT2D eigenvalue weighted by Gasteiger charge is -2.35. The molecule has 2 aliphatic rings. The third-order valence-electron chi connectivity index (χ3n) is 20.1. The number of rotatable bonds is 14. The maximum Gasteiger partial charge on any atom is 0.261 e. The van der Waals surface area contributed by atoms with Crippen molar-refractivity contribution in [3.05, 3.63) is 190 Å². The van der Waals surface area contributed by atoms with Gasteiger partial charge in [-0.2, -0.15) is 0 Å². The average Bonchev–Trinajstić information content (AvgIpc) is 0.669. The normalized spacial score (nSPS) is 14.1. The summed E-state index contributed by atoms with van der Waals surface area (Å²) in [5.41, 5.74) is 5.44. The summed E-state index contributed by atoms with van der Waals surface area (Å²) in [5.74, 6) is 2.40. The predicted octanol–water partition coefficient (Wildman–Crippen LogP) is 22.6. The largest absolute Gasteiger partial charge is 0.457 e. The van der Waals surface area contributed by atoms with E-state index in [1.807, 2.05) is 113 Å². The number of carbonyl (C=O) groups is 4. The van der Waals surface area contributed by atoms with Gasteiger partial charge >= 0.3 is 0 Å². The van der Waals surface area contributed by atoms with Crippen molar-refractivity contribution in [2.75, 3.05) is 0 Å². The van der Waals surface area contributed by atoms with E-state index in [1.165, 1.54) is 9.80 Å². The first-order valence-electron chi connectivity index (χ1n) is 33.5. The van der Waals surface area contributed by atoms with Crippen LogP contribution in [0.15, 0.2) is 146 Å². The zero-order valence-corrected chi connectivity index (χ0v) is 57.0. The minimum atomic E-state index is -0.415. The van der Waals surface area contributed by atoms with Crippen molar-refractivity contribution in [2.24, 2.45) is 0 Å². The molecule has 0 radical (unpaired) electrons. The highest BCUT2D eigenvalue weighted by Crippen LogP contribution is 2.60. The molecular weight excluding hydrogens is 1160 g/mol. The van der Waals surface area contributed by atoms with E-state index >= 15 is 19.2 Å². The number of fused-ring (bicyclic) bond motifs is 4. The summed E-state index contributed by atoms with van der Waals surface area (Å²) < 4.78 is 29.9. The van der Waals surface area contributed by atoms with E-state index in [9.17, 15) is 0 Å². The smallest absolute Gasteiger partial charge is 0.261 e. The lowest BCUT2D eigenvalue weighted by molar-refractivity contribution is 0.0514. The highest BCUT2D eigenvalue weighted by Gasteiger charge is 2.42. The summed E-state index contributed by atoms with van der Waals surface area (Å²) in [6, 6.07) is 47.6. The molecule has 0 aromatic heterocycles. The number of nitrogens with zero attached hydrogens (tertiary/aromatic N) is 2. The van der Waals surface area contributed by atoms with Gasteiger partial charge in [-0.25, -0.2) is 0 Å². The molecule has 0 aliphatic carbocycles. The Kier molecular flexibility index (Phi) is 14.5. The van der Waals surface area contributed by atoms with Crippen molar-refractivity contribution < 1.29 is 38.1 Å². The molecule has 2 heterocycles. The number of hydrogen-bond acceptors (Lipinski definition) is 8. The van der Waals surface area contributed by atoms with Crippen molar-refractivity contribution >= 4 is 99.0 Å². The van der Waals surface area contributed by atoms with Gasteiger partial charge < -0.3 is 18.9 Å². The summed E-state index contributed by atoms with van der Waals surface area (Å²) >= 11 is 0. The van der Waals surface area contributed by atoms with E-state index in [0.29, 0.717) is 132 Å². The monoisotopic (exact) mass is 1250 g/mol. The van der Waals surface area contributed by atoms with E-state index in [1.54, 1.807) is 0 Å². The molecule has 0 spiro atoms. The Hall–Kier alpha value is -9.54. The molecule has 4 amide bonds. The fourth-order valence-corrected chi connectivity index (χ4v) is 14.8. The number of hydrogen-bond donors (Lipinski definition) is 0. The predicted molar refractivity (Wildman–Crippen MR) is 382 cm³/mol. The number of carbonyl (C=O) groups excluding carboxylic acids is 4. The van der Waals surface area contributed by atoms with Crippen LogP contribution in [0.2, 0.25) is 0 Å². The minimum Gasteiger partial charge on any atom is -0.457 e. The molecule has 0 bridgehead atoms. The van der Waals surface area contributed by atoms with Gasteiger partial charge in [0, 0.05) is 66.3 Å². The summed E-state index contributed by atoms with van der Waals surface area (Å²) in [7, 11) is 0. The van der Waals surface area contributed by atoms with Crippen LogP contribution in [0.3, 0.4) is 0 Å². The van der Waals surface area contributed by atoms with Gasteiger partial charge in [-0.3, -0.25) is 29.0 Å². The molecule has 0 saturated carbocycles. The van der Waals surface area contributed by atoms with Crippen molar-refractivity contribution in [1.29, 1.82) is 0 Å². The van der Waals surface area contributed by atoms with Crippen LogP contribution >= 0.6 is 0 Å². The molecule has 94 heavy (non-hydrogen) atoms.